The first-order valence-corrected chi connectivity index (χ1v) is 4.56. The average Bonchev–Trinajstić information content (AvgIpc) is 2.22. The third kappa shape index (κ3) is 2.79. The van der Waals surface area contributed by atoms with Crippen molar-refractivity contribution in [3.8, 4) is 5.75 Å². The molecule has 1 aromatic heterocycles. The van der Waals surface area contributed by atoms with E-state index in [-0.39, 0.29) is 12.1 Å². The van der Waals surface area contributed by atoms with E-state index in [9.17, 15) is 18.7 Å². The predicted molar refractivity (Wildman–Crippen MR) is 51.6 cm³/mol. The molecule has 1 heterocycles. The number of carbonyl (C=O) groups excluding carboxylic acids is 1. The van der Waals surface area contributed by atoms with Gasteiger partial charge >= 0.3 is 5.97 Å². The number of halogens is 3. The number of aromatic nitrogens is 1. The zero-order chi connectivity index (χ0) is 12.3. The Morgan fingerprint density at radius 3 is 2.81 bits per heavy atom. The summed E-state index contributed by atoms with van der Waals surface area (Å²) in [4.78, 5) is 14.5. The van der Waals surface area contributed by atoms with Gasteiger partial charge in [0.25, 0.3) is 6.43 Å². The Labute approximate surface area is 94.8 Å². The fourth-order valence-electron chi connectivity index (χ4n) is 1.06. The zero-order valence-corrected chi connectivity index (χ0v) is 8.96. The zero-order valence-electron chi connectivity index (χ0n) is 8.21. The molecule has 0 amide bonds. The van der Waals surface area contributed by atoms with Gasteiger partial charge in [-0.25, -0.2) is 13.8 Å². The van der Waals surface area contributed by atoms with Gasteiger partial charge in [-0.2, -0.15) is 0 Å². The number of nitrogens with zero attached hydrogens (tertiary/aromatic N) is 1. The van der Waals surface area contributed by atoms with Crippen molar-refractivity contribution in [1.82, 2.24) is 4.98 Å². The van der Waals surface area contributed by atoms with Gasteiger partial charge in [-0.05, 0) is 6.07 Å². The van der Waals surface area contributed by atoms with Crippen LogP contribution in [-0.2, 0) is 16.0 Å². The van der Waals surface area contributed by atoms with Gasteiger partial charge in [0, 0.05) is 0 Å². The van der Waals surface area contributed by atoms with Crippen molar-refractivity contribution >= 4 is 17.6 Å². The van der Waals surface area contributed by atoms with Crippen molar-refractivity contribution in [3.05, 3.63) is 22.5 Å². The lowest BCUT2D eigenvalue weighted by atomic mass is 10.2. The number of pyridine rings is 1. The van der Waals surface area contributed by atoms with E-state index in [4.69, 9.17) is 11.6 Å². The number of ether oxygens (including phenoxy) is 1. The molecular weight excluding hydrogens is 244 g/mol. The van der Waals surface area contributed by atoms with Crippen molar-refractivity contribution < 1.29 is 23.4 Å². The van der Waals surface area contributed by atoms with Crippen molar-refractivity contribution in [1.29, 1.82) is 0 Å². The van der Waals surface area contributed by atoms with E-state index >= 15 is 0 Å². The first-order chi connectivity index (χ1) is 7.45. The second kappa shape index (κ2) is 5.07. The number of aromatic hydroxyl groups is 1. The molecule has 1 aromatic rings. The van der Waals surface area contributed by atoms with Gasteiger partial charge in [-0.3, -0.25) is 4.79 Å². The molecule has 1 N–H and O–H groups in total. The summed E-state index contributed by atoms with van der Waals surface area (Å²) in [6, 6.07) is 0.919. The summed E-state index contributed by atoms with van der Waals surface area (Å²) in [7, 11) is 1.17. The number of hydrogen-bond donors (Lipinski definition) is 1. The van der Waals surface area contributed by atoms with Gasteiger partial charge in [0.15, 0.2) is 10.9 Å². The van der Waals surface area contributed by atoms with Crippen LogP contribution in [0.4, 0.5) is 8.78 Å². The summed E-state index contributed by atoms with van der Waals surface area (Å²) in [6.07, 6.45) is -3.17. The molecule has 0 fully saturated rings. The Balaban J connectivity index is 3.09. The monoisotopic (exact) mass is 251 g/mol. The third-order valence-electron chi connectivity index (χ3n) is 1.82. The second-order valence-electron chi connectivity index (χ2n) is 2.90. The Bertz CT molecular complexity index is 412. The minimum Gasteiger partial charge on any atom is -0.504 e. The van der Waals surface area contributed by atoms with Gasteiger partial charge in [0.05, 0.1) is 24.8 Å². The van der Waals surface area contributed by atoms with Crippen LogP contribution in [0.2, 0.25) is 5.15 Å². The topological polar surface area (TPSA) is 59.4 Å². The van der Waals surface area contributed by atoms with E-state index in [1.807, 2.05) is 0 Å². The molecule has 0 atom stereocenters. The van der Waals surface area contributed by atoms with E-state index in [2.05, 4.69) is 9.72 Å². The van der Waals surface area contributed by atoms with Crippen molar-refractivity contribution in [2.24, 2.45) is 0 Å². The van der Waals surface area contributed by atoms with Crippen LogP contribution in [0.1, 0.15) is 17.7 Å². The van der Waals surface area contributed by atoms with Crippen LogP contribution in [0.5, 0.6) is 5.75 Å². The van der Waals surface area contributed by atoms with E-state index < -0.39 is 28.9 Å². The number of esters is 1. The minimum absolute atomic E-state index is 0.0185. The highest BCUT2D eigenvalue weighted by molar-refractivity contribution is 6.30. The maximum absolute atomic E-state index is 12.4. The number of methoxy groups -OCH3 is 1. The lowest BCUT2D eigenvalue weighted by molar-refractivity contribution is -0.139. The molecule has 0 bridgehead atoms. The normalized spacial score (nSPS) is 10.6. The molecule has 0 unspecified atom stereocenters. The average molecular weight is 252 g/mol. The molecule has 0 saturated carbocycles. The molecule has 0 aliphatic heterocycles. The van der Waals surface area contributed by atoms with Gasteiger partial charge in [-0.1, -0.05) is 11.6 Å². The smallest absolute Gasteiger partial charge is 0.311 e. The molecule has 0 aliphatic carbocycles. The molecular formula is C9H8ClF2NO3. The number of alkyl halides is 2. The Morgan fingerprint density at radius 1 is 1.69 bits per heavy atom. The molecule has 7 heteroatoms. The molecule has 0 spiro atoms. The molecule has 88 valence electrons. The summed E-state index contributed by atoms with van der Waals surface area (Å²) in [5.41, 5.74) is -0.635. The Morgan fingerprint density at radius 2 is 2.31 bits per heavy atom. The van der Waals surface area contributed by atoms with Crippen molar-refractivity contribution in [2.45, 2.75) is 12.8 Å². The Hall–Kier alpha value is -1.43. The lowest BCUT2D eigenvalue weighted by Crippen LogP contribution is -2.07. The SMILES string of the molecule is COC(=O)Cc1cc(C(F)F)c(O)c(Cl)n1. The molecule has 16 heavy (non-hydrogen) atoms. The first-order valence-electron chi connectivity index (χ1n) is 4.19. The second-order valence-corrected chi connectivity index (χ2v) is 3.25. The highest BCUT2D eigenvalue weighted by Gasteiger charge is 2.19. The maximum atomic E-state index is 12.4. The quantitative estimate of drug-likeness (QED) is 0.660. The van der Waals surface area contributed by atoms with Crippen LogP contribution in [0.25, 0.3) is 0 Å². The minimum atomic E-state index is -2.89. The molecule has 4 nitrogen and oxygen atoms in total. The van der Waals surface area contributed by atoms with Crippen LogP contribution in [0, 0.1) is 0 Å². The van der Waals surface area contributed by atoms with Crippen LogP contribution >= 0.6 is 11.6 Å². The van der Waals surface area contributed by atoms with Gasteiger partial charge in [-0.15, -0.1) is 0 Å². The fraction of sp³-hybridized carbons (Fsp3) is 0.333. The summed E-state index contributed by atoms with van der Waals surface area (Å²) < 4.78 is 29.2. The molecule has 0 radical (unpaired) electrons. The standard InChI is InChI=1S/C9H8ClF2NO3/c1-16-6(14)3-4-2-5(9(11)12)7(15)8(10)13-4/h2,9,15H,3H2,1H3. The lowest BCUT2D eigenvalue weighted by Gasteiger charge is -2.07. The third-order valence-corrected chi connectivity index (χ3v) is 2.08. The summed E-state index contributed by atoms with van der Waals surface area (Å²) in [6.45, 7) is 0. The van der Waals surface area contributed by atoms with Gasteiger partial charge in [0.1, 0.15) is 0 Å². The highest BCUT2D eigenvalue weighted by atomic mass is 35.5. The van der Waals surface area contributed by atoms with E-state index in [0.717, 1.165) is 6.07 Å². The van der Waals surface area contributed by atoms with Crippen LogP contribution in [0.15, 0.2) is 6.07 Å². The van der Waals surface area contributed by atoms with Crippen molar-refractivity contribution in [2.75, 3.05) is 7.11 Å². The summed E-state index contributed by atoms with van der Waals surface area (Å²) in [5, 5.41) is 8.73. The van der Waals surface area contributed by atoms with Crippen LogP contribution in [0.3, 0.4) is 0 Å². The molecule has 0 aliphatic rings. The molecule has 0 aromatic carbocycles. The van der Waals surface area contributed by atoms with E-state index in [0.29, 0.717) is 0 Å². The largest absolute Gasteiger partial charge is 0.504 e. The number of hydrogen-bond acceptors (Lipinski definition) is 4. The first kappa shape index (κ1) is 12.6. The fourth-order valence-corrected chi connectivity index (χ4v) is 1.27. The van der Waals surface area contributed by atoms with E-state index in [1.165, 1.54) is 7.11 Å². The van der Waals surface area contributed by atoms with Gasteiger partial charge < -0.3 is 9.84 Å². The van der Waals surface area contributed by atoms with Crippen molar-refractivity contribution in [3.63, 3.8) is 0 Å². The molecule has 1 rings (SSSR count). The van der Waals surface area contributed by atoms with Crippen LogP contribution in [-0.4, -0.2) is 23.2 Å². The summed E-state index contributed by atoms with van der Waals surface area (Å²) in [5.74, 6) is -1.40. The number of carbonyl (C=O) groups is 1. The van der Waals surface area contributed by atoms with E-state index in [1.54, 1.807) is 0 Å². The Kier molecular flexibility index (Phi) is 4.00. The van der Waals surface area contributed by atoms with Gasteiger partial charge in [0.2, 0.25) is 0 Å². The van der Waals surface area contributed by atoms with Crippen LogP contribution < -0.4 is 0 Å². The molecule has 0 saturated heterocycles. The maximum Gasteiger partial charge on any atom is 0.311 e. The predicted octanol–water partition coefficient (Wildman–Crippen LogP) is 2.09. The number of rotatable bonds is 3. The summed E-state index contributed by atoms with van der Waals surface area (Å²) >= 11 is 5.44. The highest BCUT2D eigenvalue weighted by Crippen LogP contribution is 2.33.